The Balaban J connectivity index is 2.28. The molecule has 0 saturated heterocycles. The second kappa shape index (κ2) is 10.5. The summed E-state index contributed by atoms with van der Waals surface area (Å²) in [7, 11) is 1.71. The fourth-order valence-electron chi connectivity index (χ4n) is 2.36. The van der Waals surface area contributed by atoms with Crippen LogP contribution in [0.4, 0.5) is 0 Å². The predicted octanol–water partition coefficient (Wildman–Crippen LogP) is 2.91. The predicted molar refractivity (Wildman–Crippen MR) is 75.9 cm³/mol. The summed E-state index contributed by atoms with van der Waals surface area (Å²) in [5.41, 5.74) is 1.60. The number of hydrogen-bond acceptors (Lipinski definition) is 3. The Kier molecular flexibility index (Phi) is 9.17. The Labute approximate surface area is 112 Å². The Morgan fingerprint density at radius 3 is 2.83 bits per heavy atom. The highest BCUT2D eigenvalue weighted by Crippen LogP contribution is 2.22. The third kappa shape index (κ3) is 6.53. The molecule has 0 spiro atoms. The van der Waals surface area contributed by atoms with Gasteiger partial charge in [0.05, 0.1) is 13.2 Å². The molecule has 106 valence electrons. The molecular formula is C15H29NO2. The smallest absolute Gasteiger partial charge is 0.0700 e. The summed E-state index contributed by atoms with van der Waals surface area (Å²) in [4.78, 5) is 0. The zero-order chi connectivity index (χ0) is 13.1. The van der Waals surface area contributed by atoms with Crippen LogP contribution in [0, 0.1) is 0 Å². The first-order chi connectivity index (χ1) is 8.88. The molecule has 3 heteroatoms. The van der Waals surface area contributed by atoms with Gasteiger partial charge in [-0.15, -0.1) is 0 Å². The van der Waals surface area contributed by atoms with Gasteiger partial charge in [-0.2, -0.15) is 0 Å². The van der Waals surface area contributed by atoms with E-state index in [2.05, 4.69) is 18.3 Å². The summed E-state index contributed by atoms with van der Waals surface area (Å²) in [6.07, 6.45) is 9.93. The van der Waals surface area contributed by atoms with Crippen molar-refractivity contribution in [3.05, 3.63) is 11.6 Å². The summed E-state index contributed by atoms with van der Waals surface area (Å²) in [6, 6.07) is 0.521. The molecule has 0 amide bonds. The molecule has 0 fully saturated rings. The van der Waals surface area contributed by atoms with Crippen LogP contribution in [0.15, 0.2) is 11.6 Å². The van der Waals surface area contributed by atoms with Crippen LogP contribution in [-0.4, -0.2) is 39.5 Å². The van der Waals surface area contributed by atoms with E-state index in [0.29, 0.717) is 19.3 Å². The highest BCUT2D eigenvalue weighted by atomic mass is 16.5. The zero-order valence-electron chi connectivity index (χ0n) is 12.0. The third-order valence-corrected chi connectivity index (χ3v) is 3.40. The molecule has 0 aliphatic heterocycles. The van der Waals surface area contributed by atoms with Crippen molar-refractivity contribution in [3.63, 3.8) is 0 Å². The molecule has 0 heterocycles. The van der Waals surface area contributed by atoms with Crippen LogP contribution in [0.1, 0.15) is 45.4 Å². The average molecular weight is 255 g/mol. The lowest BCUT2D eigenvalue weighted by Gasteiger charge is -2.24. The summed E-state index contributed by atoms with van der Waals surface area (Å²) < 4.78 is 10.6. The molecule has 18 heavy (non-hydrogen) atoms. The van der Waals surface area contributed by atoms with Gasteiger partial charge < -0.3 is 14.8 Å². The van der Waals surface area contributed by atoms with Gasteiger partial charge >= 0.3 is 0 Å². The molecule has 1 aliphatic rings. The van der Waals surface area contributed by atoms with Gasteiger partial charge in [0, 0.05) is 19.8 Å². The molecule has 1 rings (SSSR count). The van der Waals surface area contributed by atoms with E-state index in [4.69, 9.17) is 9.47 Å². The number of rotatable bonds is 10. The van der Waals surface area contributed by atoms with Crippen molar-refractivity contribution in [2.75, 3.05) is 33.5 Å². The van der Waals surface area contributed by atoms with Crippen LogP contribution < -0.4 is 5.32 Å². The lowest BCUT2D eigenvalue weighted by Crippen LogP contribution is -2.33. The van der Waals surface area contributed by atoms with Crippen LogP contribution in [0.3, 0.4) is 0 Å². The van der Waals surface area contributed by atoms with Crippen LogP contribution in [-0.2, 0) is 9.47 Å². The normalized spacial score (nSPS) is 17.6. The standard InChI is InChI=1S/C15H29NO2/c1-3-10-16-15(9-11-18-13-12-17-2)14-7-5-4-6-8-14/h7,15-16H,3-6,8-13H2,1-2H3. The van der Waals surface area contributed by atoms with E-state index >= 15 is 0 Å². The van der Waals surface area contributed by atoms with Gasteiger partial charge in [0.2, 0.25) is 0 Å². The third-order valence-electron chi connectivity index (χ3n) is 3.40. The number of allylic oxidation sites excluding steroid dienone is 1. The molecule has 1 aliphatic carbocycles. The lowest BCUT2D eigenvalue weighted by molar-refractivity contribution is 0.0669. The SMILES string of the molecule is CCCNC(CCOCCOC)C1=CCCCC1. The molecule has 1 N–H and O–H groups in total. The molecule has 0 bridgehead atoms. The Morgan fingerprint density at radius 1 is 1.28 bits per heavy atom. The number of nitrogens with one attached hydrogen (secondary N) is 1. The van der Waals surface area contributed by atoms with E-state index in [1.165, 1.54) is 32.1 Å². The molecule has 0 saturated carbocycles. The van der Waals surface area contributed by atoms with Crippen LogP contribution in [0.2, 0.25) is 0 Å². The molecule has 0 aromatic rings. The van der Waals surface area contributed by atoms with Crippen molar-refractivity contribution >= 4 is 0 Å². The van der Waals surface area contributed by atoms with E-state index in [1.54, 1.807) is 12.7 Å². The van der Waals surface area contributed by atoms with Crippen molar-refractivity contribution in [1.29, 1.82) is 0 Å². The Hall–Kier alpha value is -0.380. The number of hydrogen-bond donors (Lipinski definition) is 1. The largest absolute Gasteiger partial charge is 0.382 e. The molecule has 0 radical (unpaired) electrons. The molecule has 1 atom stereocenters. The van der Waals surface area contributed by atoms with Gasteiger partial charge in [-0.05, 0) is 45.1 Å². The summed E-state index contributed by atoms with van der Waals surface area (Å²) in [5.74, 6) is 0. The molecule has 1 unspecified atom stereocenters. The van der Waals surface area contributed by atoms with Gasteiger partial charge in [0.15, 0.2) is 0 Å². The summed E-state index contributed by atoms with van der Waals surface area (Å²) >= 11 is 0. The minimum absolute atomic E-state index is 0.521. The second-order valence-corrected chi connectivity index (χ2v) is 4.93. The van der Waals surface area contributed by atoms with Crippen molar-refractivity contribution < 1.29 is 9.47 Å². The second-order valence-electron chi connectivity index (χ2n) is 4.93. The molecular weight excluding hydrogens is 226 g/mol. The summed E-state index contributed by atoms with van der Waals surface area (Å²) in [6.45, 7) is 5.53. The topological polar surface area (TPSA) is 30.5 Å². The average Bonchev–Trinajstić information content (AvgIpc) is 2.43. The van der Waals surface area contributed by atoms with E-state index in [1.807, 2.05) is 0 Å². The zero-order valence-corrected chi connectivity index (χ0v) is 12.0. The van der Waals surface area contributed by atoms with Gasteiger partial charge in [-0.25, -0.2) is 0 Å². The lowest BCUT2D eigenvalue weighted by atomic mass is 9.92. The maximum atomic E-state index is 5.58. The number of methoxy groups -OCH3 is 1. The minimum Gasteiger partial charge on any atom is -0.382 e. The van der Waals surface area contributed by atoms with Gasteiger partial charge in [-0.3, -0.25) is 0 Å². The fourth-order valence-corrected chi connectivity index (χ4v) is 2.36. The van der Waals surface area contributed by atoms with Crippen LogP contribution in [0.5, 0.6) is 0 Å². The maximum Gasteiger partial charge on any atom is 0.0700 e. The van der Waals surface area contributed by atoms with E-state index in [9.17, 15) is 0 Å². The van der Waals surface area contributed by atoms with E-state index < -0.39 is 0 Å². The monoisotopic (exact) mass is 255 g/mol. The van der Waals surface area contributed by atoms with Crippen LogP contribution >= 0.6 is 0 Å². The molecule has 0 aromatic carbocycles. The van der Waals surface area contributed by atoms with E-state index in [0.717, 1.165) is 19.6 Å². The van der Waals surface area contributed by atoms with Crippen molar-refractivity contribution in [1.82, 2.24) is 5.32 Å². The first-order valence-corrected chi connectivity index (χ1v) is 7.37. The minimum atomic E-state index is 0.521. The first kappa shape index (κ1) is 15.7. The van der Waals surface area contributed by atoms with Gasteiger partial charge in [-0.1, -0.05) is 18.6 Å². The molecule has 0 aromatic heterocycles. The van der Waals surface area contributed by atoms with E-state index in [-0.39, 0.29) is 0 Å². The quantitative estimate of drug-likeness (QED) is 0.481. The first-order valence-electron chi connectivity index (χ1n) is 7.37. The Morgan fingerprint density at radius 2 is 2.17 bits per heavy atom. The maximum absolute atomic E-state index is 5.58. The van der Waals surface area contributed by atoms with Gasteiger partial charge in [0.25, 0.3) is 0 Å². The molecule has 3 nitrogen and oxygen atoms in total. The van der Waals surface area contributed by atoms with Crippen LogP contribution in [0.25, 0.3) is 0 Å². The van der Waals surface area contributed by atoms with Crippen molar-refractivity contribution in [2.24, 2.45) is 0 Å². The van der Waals surface area contributed by atoms with Crippen molar-refractivity contribution in [3.8, 4) is 0 Å². The van der Waals surface area contributed by atoms with Crippen molar-refractivity contribution in [2.45, 2.75) is 51.5 Å². The number of ether oxygens (including phenoxy) is 2. The highest BCUT2D eigenvalue weighted by molar-refractivity contribution is 5.13. The highest BCUT2D eigenvalue weighted by Gasteiger charge is 2.15. The Bertz CT molecular complexity index is 229. The summed E-state index contributed by atoms with van der Waals surface area (Å²) in [5, 5.41) is 3.65. The fraction of sp³-hybridized carbons (Fsp3) is 0.867. The van der Waals surface area contributed by atoms with Gasteiger partial charge in [0.1, 0.15) is 0 Å².